The average molecular weight is 253 g/mol. The SMILES string of the molecule is CCCCC(C)Nc1ccccc1-c1ccccc1. The van der Waals surface area contributed by atoms with Crippen LogP contribution in [0.4, 0.5) is 5.69 Å². The Morgan fingerprint density at radius 2 is 1.63 bits per heavy atom. The van der Waals surface area contributed by atoms with Crippen LogP contribution in [-0.2, 0) is 0 Å². The molecule has 0 aromatic heterocycles. The zero-order valence-corrected chi connectivity index (χ0v) is 11.9. The van der Waals surface area contributed by atoms with Gasteiger partial charge in [0.1, 0.15) is 0 Å². The molecule has 0 fully saturated rings. The summed E-state index contributed by atoms with van der Waals surface area (Å²) >= 11 is 0. The van der Waals surface area contributed by atoms with Crippen LogP contribution < -0.4 is 5.32 Å². The van der Waals surface area contributed by atoms with Crippen molar-refractivity contribution in [1.29, 1.82) is 0 Å². The largest absolute Gasteiger partial charge is 0.382 e. The van der Waals surface area contributed by atoms with Crippen molar-refractivity contribution in [3.8, 4) is 11.1 Å². The first kappa shape index (κ1) is 13.7. The molecule has 2 rings (SSSR count). The molecule has 1 atom stereocenters. The van der Waals surface area contributed by atoms with Gasteiger partial charge in [-0.05, 0) is 25.0 Å². The van der Waals surface area contributed by atoms with Crippen LogP contribution in [0.1, 0.15) is 33.1 Å². The van der Waals surface area contributed by atoms with Crippen molar-refractivity contribution < 1.29 is 0 Å². The summed E-state index contributed by atoms with van der Waals surface area (Å²) in [6, 6.07) is 19.6. The van der Waals surface area contributed by atoms with E-state index in [1.807, 2.05) is 0 Å². The maximum Gasteiger partial charge on any atom is 0.0421 e. The minimum absolute atomic E-state index is 0.518. The fraction of sp³-hybridized carbons (Fsp3) is 0.333. The van der Waals surface area contributed by atoms with Gasteiger partial charge in [-0.2, -0.15) is 0 Å². The van der Waals surface area contributed by atoms with Crippen molar-refractivity contribution in [2.24, 2.45) is 0 Å². The predicted octanol–water partition coefficient (Wildman–Crippen LogP) is 5.34. The molecule has 2 aromatic rings. The summed E-state index contributed by atoms with van der Waals surface area (Å²) in [6.45, 7) is 4.50. The highest BCUT2D eigenvalue weighted by Crippen LogP contribution is 2.28. The third-order valence-corrected chi connectivity index (χ3v) is 3.40. The lowest BCUT2D eigenvalue weighted by Crippen LogP contribution is -2.15. The van der Waals surface area contributed by atoms with Crippen LogP contribution in [0.5, 0.6) is 0 Å². The van der Waals surface area contributed by atoms with E-state index in [9.17, 15) is 0 Å². The molecule has 0 radical (unpaired) electrons. The highest BCUT2D eigenvalue weighted by atomic mass is 14.9. The molecule has 0 amide bonds. The maximum absolute atomic E-state index is 3.64. The van der Waals surface area contributed by atoms with Crippen molar-refractivity contribution in [2.45, 2.75) is 39.2 Å². The maximum atomic E-state index is 3.64. The molecule has 0 saturated carbocycles. The number of hydrogen-bond donors (Lipinski definition) is 1. The molecule has 0 saturated heterocycles. The summed E-state index contributed by atoms with van der Waals surface area (Å²) < 4.78 is 0. The van der Waals surface area contributed by atoms with E-state index in [1.165, 1.54) is 36.1 Å². The summed E-state index contributed by atoms with van der Waals surface area (Å²) in [6.07, 6.45) is 3.76. The van der Waals surface area contributed by atoms with Crippen LogP contribution in [0, 0.1) is 0 Å². The molecule has 1 unspecified atom stereocenters. The molecule has 0 aliphatic carbocycles. The second kappa shape index (κ2) is 6.98. The number of nitrogens with one attached hydrogen (secondary N) is 1. The Bertz CT molecular complexity index is 490. The molecule has 2 aromatic carbocycles. The molecular formula is C18H23N. The highest BCUT2D eigenvalue weighted by Gasteiger charge is 2.06. The number of para-hydroxylation sites is 1. The van der Waals surface area contributed by atoms with E-state index in [1.54, 1.807) is 0 Å². The van der Waals surface area contributed by atoms with Gasteiger partial charge in [0, 0.05) is 17.3 Å². The van der Waals surface area contributed by atoms with Crippen molar-refractivity contribution in [2.75, 3.05) is 5.32 Å². The number of anilines is 1. The molecule has 1 heteroatoms. The van der Waals surface area contributed by atoms with Crippen molar-refractivity contribution in [3.63, 3.8) is 0 Å². The summed E-state index contributed by atoms with van der Waals surface area (Å²) in [7, 11) is 0. The van der Waals surface area contributed by atoms with Crippen LogP contribution in [-0.4, -0.2) is 6.04 Å². The van der Waals surface area contributed by atoms with E-state index in [4.69, 9.17) is 0 Å². The zero-order valence-electron chi connectivity index (χ0n) is 11.9. The van der Waals surface area contributed by atoms with Crippen LogP contribution in [0.25, 0.3) is 11.1 Å². The molecule has 1 N–H and O–H groups in total. The van der Waals surface area contributed by atoms with Crippen molar-refractivity contribution >= 4 is 5.69 Å². The summed E-state index contributed by atoms with van der Waals surface area (Å²) in [5.41, 5.74) is 3.79. The minimum atomic E-state index is 0.518. The molecule has 0 bridgehead atoms. The number of unbranched alkanes of at least 4 members (excludes halogenated alkanes) is 1. The van der Waals surface area contributed by atoms with E-state index < -0.39 is 0 Å². The van der Waals surface area contributed by atoms with E-state index >= 15 is 0 Å². The van der Waals surface area contributed by atoms with E-state index in [2.05, 4.69) is 73.8 Å². The zero-order chi connectivity index (χ0) is 13.5. The lowest BCUT2D eigenvalue weighted by molar-refractivity contribution is 0.645. The minimum Gasteiger partial charge on any atom is -0.382 e. The molecule has 0 heterocycles. The van der Waals surface area contributed by atoms with Crippen LogP contribution in [0.2, 0.25) is 0 Å². The molecule has 0 aliphatic heterocycles. The Morgan fingerprint density at radius 3 is 2.37 bits per heavy atom. The Balaban J connectivity index is 2.17. The average Bonchev–Trinajstić information content (AvgIpc) is 2.46. The summed E-state index contributed by atoms with van der Waals surface area (Å²) in [5, 5.41) is 3.64. The van der Waals surface area contributed by atoms with Gasteiger partial charge >= 0.3 is 0 Å². The fourth-order valence-electron chi connectivity index (χ4n) is 2.33. The molecule has 0 aliphatic rings. The Kier molecular flexibility index (Phi) is 5.02. The number of hydrogen-bond acceptors (Lipinski definition) is 1. The third kappa shape index (κ3) is 3.85. The normalized spacial score (nSPS) is 12.1. The van der Waals surface area contributed by atoms with Crippen LogP contribution in [0.15, 0.2) is 54.6 Å². The van der Waals surface area contributed by atoms with Gasteiger partial charge in [-0.3, -0.25) is 0 Å². The molecular weight excluding hydrogens is 230 g/mol. The summed E-state index contributed by atoms with van der Waals surface area (Å²) in [4.78, 5) is 0. The summed E-state index contributed by atoms with van der Waals surface area (Å²) in [5.74, 6) is 0. The lowest BCUT2D eigenvalue weighted by atomic mass is 10.0. The van der Waals surface area contributed by atoms with Gasteiger partial charge in [0.25, 0.3) is 0 Å². The number of benzene rings is 2. The fourth-order valence-corrected chi connectivity index (χ4v) is 2.33. The Hall–Kier alpha value is -1.76. The molecule has 100 valence electrons. The first-order valence-electron chi connectivity index (χ1n) is 7.22. The predicted molar refractivity (Wildman–Crippen MR) is 84.5 cm³/mol. The van der Waals surface area contributed by atoms with Gasteiger partial charge in [0.15, 0.2) is 0 Å². The van der Waals surface area contributed by atoms with E-state index in [-0.39, 0.29) is 0 Å². The van der Waals surface area contributed by atoms with Gasteiger partial charge in [-0.15, -0.1) is 0 Å². The molecule has 1 nitrogen and oxygen atoms in total. The lowest BCUT2D eigenvalue weighted by Gasteiger charge is -2.18. The van der Waals surface area contributed by atoms with Crippen molar-refractivity contribution in [3.05, 3.63) is 54.6 Å². The quantitative estimate of drug-likeness (QED) is 0.732. The van der Waals surface area contributed by atoms with E-state index in [0.717, 1.165) is 0 Å². The van der Waals surface area contributed by atoms with Gasteiger partial charge in [-0.1, -0.05) is 68.3 Å². The van der Waals surface area contributed by atoms with Gasteiger partial charge < -0.3 is 5.32 Å². The first-order chi connectivity index (χ1) is 9.31. The Labute approximate surface area is 116 Å². The molecule has 19 heavy (non-hydrogen) atoms. The van der Waals surface area contributed by atoms with Gasteiger partial charge in [-0.25, -0.2) is 0 Å². The second-order valence-electron chi connectivity index (χ2n) is 5.10. The topological polar surface area (TPSA) is 12.0 Å². The van der Waals surface area contributed by atoms with E-state index in [0.29, 0.717) is 6.04 Å². The second-order valence-corrected chi connectivity index (χ2v) is 5.10. The highest BCUT2D eigenvalue weighted by molar-refractivity contribution is 5.77. The standard InChI is InChI=1S/C18H23N/c1-3-4-10-15(2)19-18-14-9-8-13-17(18)16-11-6-5-7-12-16/h5-9,11-15,19H,3-4,10H2,1-2H3. The van der Waals surface area contributed by atoms with Crippen LogP contribution >= 0.6 is 0 Å². The smallest absolute Gasteiger partial charge is 0.0421 e. The Morgan fingerprint density at radius 1 is 0.947 bits per heavy atom. The van der Waals surface area contributed by atoms with Gasteiger partial charge in [0.2, 0.25) is 0 Å². The monoisotopic (exact) mass is 253 g/mol. The number of rotatable bonds is 6. The van der Waals surface area contributed by atoms with Gasteiger partial charge in [0.05, 0.1) is 0 Å². The first-order valence-corrected chi connectivity index (χ1v) is 7.22. The third-order valence-electron chi connectivity index (χ3n) is 3.40. The van der Waals surface area contributed by atoms with Crippen molar-refractivity contribution in [1.82, 2.24) is 0 Å². The van der Waals surface area contributed by atoms with Crippen LogP contribution in [0.3, 0.4) is 0 Å². The molecule has 0 spiro atoms.